The maximum absolute atomic E-state index is 13.3. The predicted octanol–water partition coefficient (Wildman–Crippen LogP) is 3.05. The molecule has 0 radical (unpaired) electrons. The summed E-state index contributed by atoms with van der Waals surface area (Å²) in [7, 11) is 0. The molecule has 1 heterocycles. The van der Waals surface area contributed by atoms with E-state index >= 15 is 0 Å². The maximum Gasteiger partial charge on any atom is 0.141 e. The quantitative estimate of drug-likeness (QED) is 0.828. The van der Waals surface area contributed by atoms with Crippen LogP contribution in [-0.2, 0) is 0 Å². The predicted molar refractivity (Wildman–Crippen MR) is 83.4 cm³/mol. The van der Waals surface area contributed by atoms with Gasteiger partial charge in [-0.05, 0) is 22.0 Å². The Hall–Kier alpha value is -0.140. The van der Waals surface area contributed by atoms with Crippen molar-refractivity contribution in [2.45, 2.75) is 6.04 Å². The van der Waals surface area contributed by atoms with Gasteiger partial charge in [0.1, 0.15) is 18.2 Å². The first-order valence-corrected chi connectivity index (χ1v) is 6.62. The van der Waals surface area contributed by atoms with E-state index in [1.54, 1.807) is 0 Å². The average Bonchev–Trinajstić information content (AvgIpc) is 2.41. The molecule has 1 aliphatic rings. The number of benzene rings is 1. The lowest BCUT2D eigenvalue weighted by Gasteiger charge is -2.34. The molecular weight excluding hydrogens is 377 g/mol. The number of alkyl halides is 1. The fraction of sp³-hybridized carbons (Fsp3) is 0.500. The van der Waals surface area contributed by atoms with Crippen molar-refractivity contribution in [3.05, 3.63) is 28.0 Å². The molecule has 1 atom stereocenters. The molecule has 20 heavy (non-hydrogen) atoms. The van der Waals surface area contributed by atoms with E-state index in [2.05, 4.69) is 21.2 Å². The molecule has 2 N–H and O–H groups in total. The van der Waals surface area contributed by atoms with Crippen molar-refractivity contribution in [2.24, 2.45) is 0 Å². The van der Waals surface area contributed by atoms with Gasteiger partial charge in [0.05, 0.1) is 10.5 Å². The largest absolute Gasteiger partial charge is 0.506 e. The minimum atomic E-state index is -0.606. The molecule has 1 saturated heterocycles. The Morgan fingerprint density at radius 3 is 2.45 bits per heavy atom. The van der Waals surface area contributed by atoms with Crippen LogP contribution in [0.2, 0.25) is 0 Å². The van der Waals surface area contributed by atoms with Gasteiger partial charge in [0.15, 0.2) is 0 Å². The van der Waals surface area contributed by atoms with Crippen molar-refractivity contribution < 1.29 is 13.9 Å². The number of nitrogens with one attached hydrogen (secondary N) is 1. The minimum Gasteiger partial charge on any atom is -0.506 e. The van der Waals surface area contributed by atoms with Crippen LogP contribution in [0.1, 0.15) is 11.6 Å². The topological polar surface area (TPSA) is 35.5 Å². The molecular formula is C12H17BrCl2F2N2O. The van der Waals surface area contributed by atoms with Crippen molar-refractivity contribution >= 4 is 40.7 Å². The first-order valence-electron chi connectivity index (χ1n) is 5.82. The third-order valence-corrected chi connectivity index (χ3v) is 3.95. The second-order valence-electron chi connectivity index (χ2n) is 4.26. The summed E-state index contributed by atoms with van der Waals surface area (Å²) in [5.74, 6) is -0.759. The number of halogens is 5. The summed E-state index contributed by atoms with van der Waals surface area (Å²) in [6, 6.07) is 2.16. The van der Waals surface area contributed by atoms with Crippen LogP contribution in [0.15, 0.2) is 16.6 Å². The highest BCUT2D eigenvalue weighted by atomic mass is 79.9. The van der Waals surface area contributed by atoms with Gasteiger partial charge in [-0.1, -0.05) is 6.07 Å². The molecule has 2 rings (SSSR count). The fourth-order valence-electron chi connectivity index (χ4n) is 2.19. The Kier molecular flexibility index (Phi) is 8.93. The average molecular weight is 394 g/mol. The molecule has 116 valence electrons. The lowest BCUT2D eigenvalue weighted by atomic mass is 10.0. The van der Waals surface area contributed by atoms with Gasteiger partial charge in [-0.2, -0.15) is 0 Å². The number of nitrogens with zero attached hydrogens (tertiary/aromatic N) is 1. The third kappa shape index (κ3) is 4.18. The minimum absolute atomic E-state index is 0. The first kappa shape index (κ1) is 19.9. The van der Waals surface area contributed by atoms with Gasteiger partial charge >= 0.3 is 0 Å². The van der Waals surface area contributed by atoms with Gasteiger partial charge in [0, 0.05) is 31.7 Å². The van der Waals surface area contributed by atoms with Crippen molar-refractivity contribution in [2.75, 3.05) is 32.9 Å². The monoisotopic (exact) mass is 392 g/mol. The molecule has 0 spiro atoms. The smallest absolute Gasteiger partial charge is 0.141 e. The SMILES string of the molecule is Cl.Cl.Oc1c([C@H](CF)N2CCNCC2)ccc(F)c1Br. The number of phenols is 1. The van der Waals surface area contributed by atoms with E-state index in [9.17, 15) is 13.9 Å². The standard InChI is InChI=1S/C12H15BrF2N2O.2ClH/c13-11-9(15)2-1-8(12(11)18)10(7-14)17-5-3-16-4-6-17;;/h1-2,10,16,18H,3-7H2;2*1H/t10-;;/m0../s1. The number of rotatable bonds is 3. The van der Waals surface area contributed by atoms with Crippen LogP contribution in [0.3, 0.4) is 0 Å². The molecule has 0 unspecified atom stereocenters. The van der Waals surface area contributed by atoms with Crippen molar-refractivity contribution in [3.63, 3.8) is 0 Å². The van der Waals surface area contributed by atoms with Gasteiger partial charge in [-0.25, -0.2) is 8.78 Å². The Balaban J connectivity index is 0.00000180. The van der Waals surface area contributed by atoms with Crippen molar-refractivity contribution in [1.29, 1.82) is 0 Å². The summed E-state index contributed by atoms with van der Waals surface area (Å²) in [6.45, 7) is 2.40. The fourth-order valence-corrected chi connectivity index (χ4v) is 2.56. The van der Waals surface area contributed by atoms with Gasteiger partial charge in [-0.15, -0.1) is 24.8 Å². The van der Waals surface area contributed by atoms with Crippen LogP contribution in [0.4, 0.5) is 8.78 Å². The van der Waals surface area contributed by atoms with Gasteiger partial charge in [0.25, 0.3) is 0 Å². The summed E-state index contributed by atoms with van der Waals surface area (Å²) in [5.41, 5.74) is 0.424. The maximum atomic E-state index is 13.3. The third-order valence-electron chi connectivity index (χ3n) is 3.20. The second kappa shape index (κ2) is 9.00. The molecule has 1 aromatic rings. The second-order valence-corrected chi connectivity index (χ2v) is 5.05. The van der Waals surface area contributed by atoms with Crippen LogP contribution in [0.25, 0.3) is 0 Å². The molecule has 1 aromatic carbocycles. The van der Waals surface area contributed by atoms with Gasteiger partial charge in [-0.3, -0.25) is 4.90 Å². The van der Waals surface area contributed by atoms with E-state index in [0.717, 1.165) is 13.1 Å². The van der Waals surface area contributed by atoms with Crippen LogP contribution in [0, 0.1) is 5.82 Å². The van der Waals surface area contributed by atoms with E-state index in [0.29, 0.717) is 18.7 Å². The number of aromatic hydroxyl groups is 1. The summed E-state index contributed by atoms with van der Waals surface area (Å²) in [5, 5.41) is 13.1. The van der Waals surface area contributed by atoms with Crippen LogP contribution < -0.4 is 5.32 Å². The zero-order chi connectivity index (χ0) is 13.1. The molecule has 0 aromatic heterocycles. The molecule has 0 saturated carbocycles. The van der Waals surface area contributed by atoms with Crippen LogP contribution in [-0.4, -0.2) is 42.9 Å². The van der Waals surface area contributed by atoms with E-state index in [1.807, 2.05) is 4.90 Å². The Bertz CT molecular complexity index is 434. The van der Waals surface area contributed by atoms with Gasteiger partial charge in [0.2, 0.25) is 0 Å². The highest BCUT2D eigenvalue weighted by molar-refractivity contribution is 9.10. The van der Waals surface area contributed by atoms with E-state index in [4.69, 9.17) is 0 Å². The number of hydrogen-bond donors (Lipinski definition) is 2. The molecule has 0 aliphatic carbocycles. The number of hydrogen-bond acceptors (Lipinski definition) is 3. The van der Waals surface area contributed by atoms with E-state index < -0.39 is 18.5 Å². The molecule has 0 amide bonds. The zero-order valence-electron chi connectivity index (χ0n) is 10.6. The summed E-state index contributed by atoms with van der Waals surface area (Å²) < 4.78 is 26.5. The summed E-state index contributed by atoms with van der Waals surface area (Å²) in [6.07, 6.45) is 0. The molecule has 1 fully saturated rings. The van der Waals surface area contributed by atoms with Crippen LogP contribution in [0.5, 0.6) is 5.75 Å². The summed E-state index contributed by atoms with van der Waals surface area (Å²) >= 11 is 2.97. The number of phenolic OH excluding ortho intramolecular Hbond substituents is 1. The molecule has 0 bridgehead atoms. The van der Waals surface area contributed by atoms with Crippen molar-refractivity contribution in [3.8, 4) is 5.75 Å². The highest BCUT2D eigenvalue weighted by Crippen LogP contribution is 2.36. The molecule has 3 nitrogen and oxygen atoms in total. The number of piperazine rings is 1. The normalized spacial score (nSPS) is 16.9. The van der Waals surface area contributed by atoms with Crippen molar-refractivity contribution in [1.82, 2.24) is 10.2 Å². The zero-order valence-corrected chi connectivity index (χ0v) is 13.8. The van der Waals surface area contributed by atoms with E-state index in [1.165, 1.54) is 12.1 Å². The molecule has 1 aliphatic heterocycles. The van der Waals surface area contributed by atoms with E-state index in [-0.39, 0.29) is 35.0 Å². The van der Waals surface area contributed by atoms with Crippen LogP contribution >= 0.6 is 40.7 Å². The lowest BCUT2D eigenvalue weighted by Crippen LogP contribution is -2.45. The highest BCUT2D eigenvalue weighted by Gasteiger charge is 2.26. The molecule has 8 heteroatoms. The lowest BCUT2D eigenvalue weighted by molar-refractivity contribution is 0.145. The Labute approximate surface area is 137 Å². The Morgan fingerprint density at radius 1 is 1.30 bits per heavy atom. The first-order chi connectivity index (χ1) is 8.65. The Morgan fingerprint density at radius 2 is 1.90 bits per heavy atom. The van der Waals surface area contributed by atoms with Gasteiger partial charge < -0.3 is 10.4 Å². The summed E-state index contributed by atoms with van der Waals surface area (Å²) in [4.78, 5) is 1.95.